The Bertz CT molecular complexity index is 1220. The SMILES string of the molecule is CC1(c2cc(Nc3ncnc4cc(Br)cnc34)ccc2F)CS(=O)C(C)(C)C(N)=N1. The number of amidine groups is 1. The van der Waals surface area contributed by atoms with Gasteiger partial charge in [-0.3, -0.25) is 9.20 Å². The Morgan fingerprint density at radius 3 is 2.70 bits per heavy atom. The zero-order chi connectivity index (χ0) is 21.7. The number of hydrogen-bond acceptors (Lipinski definition) is 7. The summed E-state index contributed by atoms with van der Waals surface area (Å²) in [6, 6.07) is 6.44. The molecular formula is C20H20BrFN6OS. The standard InChI is InChI=1S/C20H20BrFN6OS/c1-19(2)18(23)28-20(3,9-30(19)29)13-7-12(4-5-14(13)22)27-17-16-15(25-10-26-17)6-11(21)8-24-16/h4-8,10H,9H2,1-3H3,(H2,23,28)(H,25,26,27). The fourth-order valence-corrected chi connectivity index (χ4v) is 4.98. The van der Waals surface area contributed by atoms with Gasteiger partial charge in [0.1, 0.15) is 23.5 Å². The molecule has 0 amide bonds. The fourth-order valence-electron chi connectivity index (χ4n) is 3.29. The third-order valence-electron chi connectivity index (χ3n) is 5.22. The number of aliphatic imine (C=N–C) groups is 1. The van der Waals surface area contributed by atoms with Gasteiger partial charge in [0.15, 0.2) is 5.82 Å². The van der Waals surface area contributed by atoms with Gasteiger partial charge in [-0.1, -0.05) is 0 Å². The zero-order valence-electron chi connectivity index (χ0n) is 16.6. The molecule has 0 saturated carbocycles. The first-order valence-corrected chi connectivity index (χ1v) is 11.3. The molecule has 3 aromatic rings. The van der Waals surface area contributed by atoms with E-state index in [9.17, 15) is 8.60 Å². The highest BCUT2D eigenvalue weighted by Crippen LogP contribution is 2.37. The number of nitrogens with one attached hydrogen (secondary N) is 1. The second-order valence-electron chi connectivity index (χ2n) is 7.83. The molecule has 10 heteroatoms. The average Bonchev–Trinajstić information content (AvgIpc) is 2.68. The van der Waals surface area contributed by atoms with Crippen molar-refractivity contribution in [3.63, 3.8) is 0 Å². The first kappa shape index (κ1) is 20.8. The Labute approximate surface area is 184 Å². The van der Waals surface area contributed by atoms with E-state index in [2.05, 4.69) is 41.2 Å². The predicted octanol–water partition coefficient (Wildman–Crippen LogP) is 3.78. The summed E-state index contributed by atoms with van der Waals surface area (Å²) in [7, 11) is -1.30. The largest absolute Gasteiger partial charge is 0.386 e. The van der Waals surface area contributed by atoms with Gasteiger partial charge in [-0.05, 0) is 61.0 Å². The molecule has 0 fully saturated rings. The van der Waals surface area contributed by atoms with E-state index in [1.54, 1.807) is 39.1 Å². The molecular weight excluding hydrogens is 471 g/mol. The second-order valence-corrected chi connectivity index (χ2v) is 10.8. The second kappa shape index (κ2) is 7.35. The first-order chi connectivity index (χ1) is 14.1. The minimum absolute atomic E-state index is 0.174. The molecule has 1 aliphatic rings. The van der Waals surface area contributed by atoms with Crippen LogP contribution in [0.3, 0.4) is 0 Å². The molecule has 3 heterocycles. The summed E-state index contributed by atoms with van der Waals surface area (Å²) in [4.78, 5) is 17.4. The van der Waals surface area contributed by atoms with E-state index in [0.717, 1.165) is 4.47 Å². The Hall–Kier alpha value is -2.46. The molecule has 30 heavy (non-hydrogen) atoms. The monoisotopic (exact) mass is 490 g/mol. The predicted molar refractivity (Wildman–Crippen MR) is 121 cm³/mol. The van der Waals surface area contributed by atoms with E-state index in [0.29, 0.717) is 28.1 Å². The normalized spacial score (nSPS) is 23.2. The summed E-state index contributed by atoms with van der Waals surface area (Å²) < 4.78 is 27.6. The van der Waals surface area contributed by atoms with Crippen LogP contribution in [0.4, 0.5) is 15.9 Å². The Balaban J connectivity index is 1.75. The van der Waals surface area contributed by atoms with Crippen LogP contribution < -0.4 is 11.1 Å². The maximum Gasteiger partial charge on any atom is 0.160 e. The molecule has 2 unspecified atom stereocenters. The lowest BCUT2D eigenvalue weighted by Crippen LogP contribution is -2.52. The van der Waals surface area contributed by atoms with Crippen LogP contribution in [0.1, 0.15) is 26.3 Å². The van der Waals surface area contributed by atoms with Crippen LogP contribution in [-0.4, -0.2) is 35.5 Å². The van der Waals surface area contributed by atoms with Crippen molar-refractivity contribution in [2.45, 2.75) is 31.1 Å². The van der Waals surface area contributed by atoms with Crippen LogP contribution >= 0.6 is 15.9 Å². The van der Waals surface area contributed by atoms with Crippen molar-refractivity contribution in [1.29, 1.82) is 0 Å². The minimum Gasteiger partial charge on any atom is -0.386 e. The van der Waals surface area contributed by atoms with Crippen molar-refractivity contribution in [2.24, 2.45) is 10.7 Å². The zero-order valence-corrected chi connectivity index (χ0v) is 19.0. The summed E-state index contributed by atoms with van der Waals surface area (Å²) >= 11 is 3.38. The van der Waals surface area contributed by atoms with Crippen molar-refractivity contribution >= 4 is 55.1 Å². The quantitative estimate of drug-likeness (QED) is 0.578. The highest BCUT2D eigenvalue weighted by atomic mass is 79.9. The topological polar surface area (TPSA) is 106 Å². The van der Waals surface area contributed by atoms with Crippen molar-refractivity contribution in [1.82, 2.24) is 15.0 Å². The molecule has 1 aromatic carbocycles. The summed E-state index contributed by atoms with van der Waals surface area (Å²) in [6.07, 6.45) is 3.09. The third-order valence-corrected chi connectivity index (χ3v) is 7.82. The summed E-state index contributed by atoms with van der Waals surface area (Å²) in [5.41, 5.74) is 7.21. The Kier molecular flexibility index (Phi) is 5.09. The maximum atomic E-state index is 14.8. The number of rotatable bonds is 3. The van der Waals surface area contributed by atoms with E-state index in [4.69, 9.17) is 5.73 Å². The van der Waals surface area contributed by atoms with E-state index in [-0.39, 0.29) is 11.6 Å². The molecule has 156 valence electrons. The van der Waals surface area contributed by atoms with Gasteiger partial charge < -0.3 is 11.1 Å². The number of pyridine rings is 1. The number of fused-ring (bicyclic) bond motifs is 1. The molecule has 3 N–H and O–H groups in total. The van der Waals surface area contributed by atoms with Gasteiger partial charge in [-0.2, -0.15) is 0 Å². The van der Waals surface area contributed by atoms with Crippen LogP contribution in [0.5, 0.6) is 0 Å². The lowest BCUT2D eigenvalue weighted by Gasteiger charge is -2.37. The summed E-state index contributed by atoms with van der Waals surface area (Å²) in [6.45, 7) is 5.30. The highest BCUT2D eigenvalue weighted by molar-refractivity contribution is 9.10. The molecule has 2 aromatic heterocycles. The molecule has 2 atom stereocenters. The van der Waals surface area contributed by atoms with E-state index >= 15 is 0 Å². The van der Waals surface area contributed by atoms with Crippen molar-refractivity contribution in [3.8, 4) is 0 Å². The highest BCUT2D eigenvalue weighted by Gasteiger charge is 2.44. The minimum atomic E-state index is -1.30. The summed E-state index contributed by atoms with van der Waals surface area (Å²) in [5.74, 6) is 0.481. The van der Waals surface area contributed by atoms with Crippen molar-refractivity contribution in [2.75, 3.05) is 11.1 Å². The van der Waals surface area contributed by atoms with Gasteiger partial charge in [0.25, 0.3) is 0 Å². The lowest BCUT2D eigenvalue weighted by atomic mass is 9.92. The number of nitrogens with zero attached hydrogens (tertiary/aromatic N) is 4. The maximum absolute atomic E-state index is 14.8. The van der Waals surface area contributed by atoms with Crippen LogP contribution in [-0.2, 0) is 16.3 Å². The van der Waals surface area contributed by atoms with Gasteiger partial charge in [0.2, 0.25) is 0 Å². The average molecular weight is 491 g/mol. The van der Waals surface area contributed by atoms with E-state index < -0.39 is 26.9 Å². The van der Waals surface area contributed by atoms with Crippen molar-refractivity contribution < 1.29 is 8.60 Å². The molecule has 0 bridgehead atoms. The number of halogens is 2. The Morgan fingerprint density at radius 2 is 1.97 bits per heavy atom. The van der Waals surface area contributed by atoms with Crippen LogP contribution in [0, 0.1) is 5.82 Å². The number of nitrogens with two attached hydrogens (primary N) is 1. The van der Waals surface area contributed by atoms with E-state index in [1.165, 1.54) is 12.4 Å². The third kappa shape index (κ3) is 3.58. The smallest absolute Gasteiger partial charge is 0.160 e. The molecule has 7 nitrogen and oxygen atoms in total. The number of hydrogen-bond donors (Lipinski definition) is 2. The molecule has 1 aliphatic heterocycles. The first-order valence-electron chi connectivity index (χ1n) is 9.18. The van der Waals surface area contributed by atoms with Gasteiger partial charge in [-0.15, -0.1) is 0 Å². The van der Waals surface area contributed by atoms with E-state index in [1.807, 2.05) is 6.07 Å². The van der Waals surface area contributed by atoms with Gasteiger partial charge in [0.05, 0.1) is 21.6 Å². The lowest BCUT2D eigenvalue weighted by molar-refractivity contribution is 0.494. The molecule has 0 radical (unpaired) electrons. The molecule has 4 rings (SSSR count). The Morgan fingerprint density at radius 1 is 1.20 bits per heavy atom. The molecule has 0 aliphatic carbocycles. The van der Waals surface area contributed by atoms with Crippen LogP contribution in [0.25, 0.3) is 11.0 Å². The van der Waals surface area contributed by atoms with Gasteiger partial charge in [-0.25, -0.2) is 19.3 Å². The molecule has 0 spiro atoms. The van der Waals surface area contributed by atoms with Crippen LogP contribution in [0.2, 0.25) is 0 Å². The number of aromatic nitrogens is 3. The van der Waals surface area contributed by atoms with Crippen LogP contribution in [0.15, 0.2) is 46.3 Å². The fraction of sp³-hybridized carbons (Fsp3) is 0.300. The summed E-state index contributed by atoms with van der Waals surface area (Å²) in [5, 5.41) is 3.18. The van der Waals surface area contributed by atoms with Gasteiger partial charge >= 0.3 is 0 Å². The van der Waals surface area contributed by atoms with Crippen molar-refractivity contribution in [3.05, 3.63) is 52.6 Å². The molecule has 0 saturated heterocycles. The number of anilines is 2. The number of benzene rings is 1. The van der Waals surface area contributed by atoms with Gasteiger partial charge in [0, 0.05) is 32.7 Å².